The van der Waals surface area contributed by atoms with Crippen molar-refractivity contribution < 1.29 is 0 Å². The number of benzene rings is 3. The second-order valence-corrected chi connectivity index (χ2v) is 6.53. The van der Waals surface area contributed by atoms with Crippen LogP contribution in [0.4, 0.5) is 0 Å². The minimum Gasteiger partial charge on any atom is -0.0827 e. The Labute approximate surface area is 145 Å². The molecule has 0 amide bonds. The quantitative estimate of drug-likeness (QED) is 0.210. The first kappa shape index (κ1) is 14.8. The van der Waals surface area contributed by atoms with E-state index in [-0.39, 0.29) is 10.0 Å². The monoisotopic (exact) mass is 382 g/mol. The van der Waals surface area contributed by atoms with Gasteiger partial charge in [0.15, 0.2) is 0 Å². The second-order valence-electron chi connectivity index (χ2n) is 4.24. The SMILES string of the molecule is Clc1ccc2cc3c(Cl)c(Cl)c(Cl)c(Cl)c3cc2c1Cl. The lowest BCUT2D eigenvalue weighted by atomic mass is 10.0. The average Bonchev–Trinajstić information content (AvgIpc) is 2.45. The molecule has 0 bridgehead atoms. The molecule has 0 atom stereocenters. The predicted molar refractivity (Wildman–Crippen MR) is 91.5 cm³/mol. The standard InChI is InChI=1S/C14H4Cl6/c15-9-2-1-5-3-7-8(4-6(5)10(9)16)12(18)14(20)13(19)11(7)17/h1-4H. The van der Waals surface area contributed by atoms with Gasteiger partial charge in [0.2, 0.25) is 0 Å². The van der Waals surface area contributed by atoms with Gasteiger partial charge in [-0.2, -0.15) is 0 Å². The Hall–Kier alpha value is -0.0800. The molecule has 6 heteroatoms. The van der Waals surface area contributed by atoms with Crippen molar-refractivity contribution in [2.45, 2.75) is 0 Å². The van der Waals surface area contributed by atoms with E-state index in [0.29, 0.717) is 25.5 Å². The van der Waals surface area contributed by atoms with Crippen LogP contribution in [0.2, 0.25) is 30.1 Å². The summed E-state index contributed by atoms with van der Waals surface area (Å²) in [7, 11) is 0. The molecule has 3 aromatic rings. The fraction of sp³-hybridized carbons (Fsp3) is 0. The van der Waals surface area contributed by atoms with Crippen LogP contribution in [-0.2, 0) is 0 Å². The number of hydrogen-bond acceptors (Lipinski definition) is 0. The third-order valence-corrected chi connectivity index (χ3v) is 5.75. The molecular weight excluding hydrogens is 381 g/mol. The summed E-state index contributed by atoms with van der Waals surface area (Å²) in [6, 6.07) is 7.26. The van der Waals surface area contributed by atoms with Crippen LogP contribution < -0.4 is 0 Å². The fourth-order valence-corrected chi connectivity index (χ4v) is 3.48. The zero-order chi connectivity index (χ0) is 14.6. The van der Waals surface area contributed by atoms with Crippen LogP contribution in [0.1, 0.15) is 0 Å². The maximum absolute atomic E-state index is 6.24. The van der Waals surface area contributed by atoms with Gasteiger partial charge in [0.25, 0.3) is 0 Å². The summed E-state index contributed by atoms with van der Waals surface area (Å²) in [5, 5.41) is 5.18. The molecule has 0 nitrogen and oxygen atoms in total. The first-order valence-corrected chi connectivity index (χ1v) is 7.72. The van der Waals surface area contributed by atoms with Crippen molar-refractivity contribution in [3.63, 3.8) is 0 Å². The van der Waals surface area contributed by atoms with Gasteiger partial charge in [0.1, 0.15) is 0 Å². The first-order chi connectivity index (χ1) is 9.41. The van der Waals surface area contributed by atoms with Gasteiger partial charge in [-0.3, -0.25) is 0 Å². The molecule has 3 rings (SSSR count). The van der Waals surface area contributed by atoms with Crippen LogP contribution in [-0.4, -0.2) is 0 Å². The van der Waals surface area contributed by atoms with Gasteiger partial charge in [0, 0.05) is 16.2 Å². The van der Waals surface area contributed by atoms with Crippen LogP contribution in [0.5, 0.6) is 0 Å². The normalized spacial score (nSPS) is 11.5. The van der Waals surface area contributed by atoms with Crippen LogP contribution >= 0.6 is 69.6 Å². The van der Waals surface area contributed by atoms with Crippen LogP contribution in [0.15, 0.2) is 24.3 Å². The summed E-state index contributed by atoms with van der Waals surface area (Å²) in [6.07, 6.45) is 0. The minimum atomic E-state index is 0.225. The van der Waals surface area contributed by atoms with E-state index in [1.165, 1.54) is 0 Å². The minimum absolute atomic E-state index is 0.225. The molecule has 0 saturated heterocycles. The maximum Gasteiger partial charge on any atom is 0.0800 e. The highest BCUT2D eigenvalue weighted by molar-refractivity contribution is 6.55. The lowest BCUT2D eigenvalue weighted by Crippen LogP contribution is -1.84. The molecular formula is C14H4Cl6. The van der Waals surface area contributed by atoms with Gasteiger partial charge in [-0.1, -0.05) is 75.7 Å². The molecule has 0 aromatic heterocycles. The number of rotatable bonds is 0. The lowest BCUT2D eigenvalue weighted by molar-refractivity contribution is 1.75. The third kappa shape index (κ3) is 2.14. The molecule has 102 valence electrons. The first-order valence-electron chi connectivity index (χ1n) is 5.45. The van der Waals surface area contributed by atoms with Gasteiger partial charge >= 0.3 is 0 Å². The summed E-state index contributed by atoms with van der Waals surface area (Å²) < 4.78 is 0. The van der Waals surface area contributed by atoms with E-state index in [1.54, 1.807) is 6.07 Å². The summed E-state index contributed by atoms with van der Waals surface area (Å²) in [5.41, 5.74) is 0. The van der Waals surface area contributed by atoms with Gasteiger partial charge in [-0.15, -0.1) is 0 Å². The lowest BCUT2D eigenvalue weighted by Gasteiger charge is -2.11. The molecule has 20 heavy (non-hydrogen) atoms. The Morgan fingerprint density at radius 3 is 1.65 bits per heavy atom. The molecule has 0 aliphatic rings. The Morgan fingerprint density at radius 2 is 1.05 bits per heavy atom. The second kappa shape index (κ2) is 5.28. The molecule has 3 aromatic carbocycles. The van der Waals surface area contributed by atoms with Crippen molar-refractivity contribution in [2.24, 2.45) is 0 Å². The Morgan fingerprint density at radius 1 is 0.500 bits per heavy atom. The van der Waals surface area contributed by atoms with Crippen molar-refractivity contribution in [1.82, 2.24) is 0 Å². The molecule has 0 N–H and O–H groups in total. The van der Waals surface area contributed by atoms with Gasteiger partial charge in [-0.05, 0) is 23.6 Å². The van der Waals surface area contributed by atoms with Crippen LogP contribution in [0, 0.1) is 0 Å². The van der Waals surface area contributed by atoms with E-state index in [1.807, 2.05) is 18.2 Å². The summed E-state index contributed by atoms with van der Waals surface area (Å²) in [5.74, 6) is 0. The molecule has 0 aliphatic carbocycles. The van der Waals surface area contributed by atoms with Crippen molar-refractivity contribution in [3.8, 4) is 0 Å². The molecule has 0 aliphatic heterocycles. The van der Waals surface area contributed by atoms with E-state index in [0.717, 1.165) is 16.2 Å². The number of fused-ring (bicyclic) bond motifs is 2. The molecule has 0 radical (unpaired) electrons. The molecule has 0 saturated carbocycles. The zero-order valence-electron chi connectivity index (χ0n) is 9.58. The maximum atomic E-state index is 6.24. The smallest absolute Gasteiger partial charge is 0.0800 e. The van der Waals surface area contributed by atoms with Gasteiger partial charge < -0.3 is 0 Å². The summed E-state index contributed by atoms with van der Waals surface area (Å²) in [4.78, 5) is 0. The Bertz CT molecular complexity index is 869. The average molecular weight is 385 g/mol. The van der Waals surface area contributed by atoms with Crippen molar-refractivity contribution in [1.29, 1.82) is 0 Å². The highest BCUT2D eigenvalue weighted by atomic mass is 35.5. The van der Waals surface area contributed by atoms with Crippen molar-refractivity contribution in [3.05, 3.63) is 54.4 Å². The predicted octanol–water partition coefficient (Wildman–Crippen LogP) is 7.91. The summed E-state index contributed by atoms with van der Waals surface area (Å²) >= 11 is 36.9. The van der Waals surface area contributed by atoms with Crippen LogP contribution in [0.25, 0.3) is 21.5 Å². The van der Waals surface area contributed by atoms with E-state index < -0.39 is 0 Å². The van der Waals surface area contributed by atoms with Gasteiger partial charge in [-0.25, -0.2) is 0 Å². The number of halogens is 6. The molecule has 0 spiro atoms. The number of hydrogen-bond donors (Lipinski definition) is 0. The third-order valence-electron chi connectivity index (χ3n) is 3.10. The molecule has 0 heterocycles. The highest BCUT2D eigenvalue weighted by Crippen LogP contribution is 2.45. The molecule has 0 fully saturated rings. The fourth-order valence-electron chi connectivity index (χ4n) is 2.10. The van der Waals surface area contributed by atoms with E-state index in [2.05, 4.69) is 0 Å². The van der Waals surface area contributed by atoms with Gasteiger partial charge in [0.05, 0.1) is 30.1 Å². The topological polar surface area (TPSA) is 0 Å². The van der Waals surface area contributed by atoms with Crippen LogP contribution in [0.3, 0.4) is 0 Å². The Kier molecular flexibility index (Phi) is 3.92. The molecule has 0 unspecified atom stereocenters. The van der Waals surface area contributed by atoms with Crippen molar-refractivity contribution >= 4 is 91.2 Å². The van der Waals surface area contributed by atoms with Crippen molar-refractivity contribution in [2.75, 3.05) is 0 Å². The highest BCUT2D eigenvalue weighted by Gasteiger charge is 2.16. The van der Waals surface area contributed by atoms with E-state index in [4.69, 9.17) is 69.6 Å². The summed E-state index contributed by atoms with van der Waals surface area (Å²) in [6.45, 7) is 0. The zero-order valence-corrected chi connectivity index (χ0v) is 14.1. The van der Waals surface area contributed by atoms with E-state index >= 15 is 0 Å². The Balaban J connectivity index is 2.58. The largest absolute Gasteiger partial charge is 0.0827 e. The van der Waals surface area contributed by atoms with E-state index in [9.17, 15) is 0 Å².